The molecular formula is C18H23F3N4O2S. The maximum absolute atomic E-state index is 12.4. The second-order valence-corrected chi connectivity index (χ2v) is 7.12. The Kier molecular flexibility index (Phi) is 7.64. The highest BCUT2D eigenvalue weighted by Gasteiger charge is 2.29. The molecule has 0 aliphatic rings. The summed E-state index contributed by atoms with van der Waals surface area (Å²) in [7, 11) is 0. The molecule has 0 fully saturated rings. The third kappa shape index (κ3) is 7.01. The van der Waals surface area contributed by atoms with Crippen molar-refractivity contribution in [1.29, 1.82) is 0 Å². The topological polar surface area (TPSA) is 78.8 Å². The van der Waals surface area contributed by atoms with E-state index >= 15 is 0 Å². The zero-order valence-electron chi connectivity index (χ0n) is 15.6. The van der Waals surface area contributed by atoms with Crippen molar-refractivity contribution in [3.63, 3.8) is 0 Å². The molecule has 154 valence electrons. The number of nitrogens with zero attached hydrogens (tertiary/aromatic N) is 2. The first kappa shape index (κ1) is 22.0. The maximum Gasteiger partial charge on any atom is 0.422 e. The van der Waals surface area contributed by atoms with Gasteiger partial charge in [-0.3, -0.25) is 0 Å². The van der Waals surface area contributed by atoms with Crippen LogP contribution in [0.15, 0.2) is 40.8 Å². The molecule has 1 atom stereocenters. The molecule has 0 radical (unpaired) electrons. The summed E-state index contributed by atoms with van der Waals surface area (Å²) in [4.78, 5) is 9.02. The van der Waals surface area contributed by atoms with Crippen LogP contribution in [0.3, 0.4) is 0 Å². The Bertz CT molecular complexity index is 764. The average molecular weight is 416 g/mol. The number of halogens is 3. The van der Waals surface area contributed by atoms with Crippen molar-refractivity contribution in [3.8, 4) is 5.88 Å². The number of hydrogen-bond donors (Lipinski definition) is 3. The van der Waals surface area contributed by atoms with Crippen molar-refractivity contribution in [3.05, 3.63) is 46.3 Å². The number of guanidine groups is 1. The number of alkyl halides is 3. The standard InChI is InChI=1S/C18H23F3N4O2S/c1-3-22-16(25-11-17(2,26)14-7-5-9-28-14)24-10-13-6-4-8-23-15(13)27-12-18(19,20)21/h4-9,26H,3,10-12H2,1-2H3,(H2,22,24,25). The maximum atomic E-state index is 12.4. The van der Waals surface area contributed by atoms with Gasteiger partial charge in [0.05, 0.1) is 13.1 Å². The van der Waals surface area contributed by atoms with E-state index in [1.54, 1.807) is 19.1 Å². The fourth-order valence-corrected chi connectivity index (χ4v) is 3.05. The molecule has 2 rings (SSSR count). The molecule has 28 heavy (non-hydrogen) atoms. The molecule has 2 aromatic heterocycles. The van der Waals surface area contributed by atoms with Crippen LogP contribution < -0.4 is 15.4 Å². The van der Waals surface area contributed by atoms with Crippen LogP contribution in [0.4, 0.5) is 13.2 Å². The molecule has 0 bridgehead atoms. The lowest BCUT2D eigenvalue weighted by molar-refractivity contribution is -0.154. The molecule has 0 spiro atoms. The number of aliphatic hydroxyl groups is 1. The second kappa shape index (κ2) is 9.74. The summed E-state index contributed by atoms with van der Waals surface area (Å²) < 4.78 is 42.0. The van der Waals surface area contributed by atoms with Crippen LogP contribution in [0.25, 0.3) is 0 Å². The van der Waals surface area contributed by atoms with Gasteiger partial charge in [-0.25, -0.2) is 9.98 Å². The van der Waals surface area contributed by atoms with Gasteiger partial charge in [0.2, 0.25) is 5.88 Å². The number of aromatic nitrogens is 1. The first-order chi connectivity index (χ1) is 13.2. The van der Waals surface area contributed by atoms with Crippen molar-refractivity contribution in [1.82, 2.24) is 15.6 Å². The quantitative estimate of drug-likeness (QED) is 0.455. The summed E-state index contributed by atoms with van der Waals surface area (Å²) in [6.07, 6.45) is -3.08. The predicted octanol–water partition coefficient (Wildman–Crippen LogP) is 3.05. The van der Waals surface area contributed by atoms with Crippen LogP contribution in [0.1, 0.15) is 24.3 Å². The number of thiophene rings is 1. The van der Waals surface area contributed by atoms with Gasteiger partial charge in [0.25, 0.3) is 0 Å². The van der Waals surface area contributed by atoms with Gasteiger partial charge in [-0.05, 0) is 31.4 Å². The van der Waals surface area contributed by atoms with Crippen molar-refractivity contribution >= 4 is 17.3 Å². The van der Waals surface area contributed by atoms with Crippen LogP contribution in [0, 0.1) is 0 Å². The van der Waals surface area contributed by atoms with Crippen molar-refractivity contribution in [2.45, 2.75) is 32.2 Å². The molecule has 0 aliphatic carbocycles. The molecule has 0 aliphatic heterocycles. The summed E-state index contributed by atoms with van der Waals surface area (Å²) in [5.41, 5.74) is -0.659. The van der Waals surface area contributed by atoms with Crippen LogP contribution >= 0.6 is 11.3 Å². The highest BCUT2D eigenvalue weighted by Crippen LogP contribution is 2.24. The third-order valence-electron chi connectivity index (χ3n) is 3.63. The van der Waals surface area contributed by atoms with Gasteiger partial charge in [0.15, 0.2) is 12.6 Å². The highest BCUT2D eigenvalue weighted by atomic mass is 32.1. The molecule has 0 saturated carbocycles. The molecule has 0 aromatic carbocycles. The van der Waals surface area contributed by atoms with E-state index in [4.69, 9.17) is 4.74 Å². The fourth-order valence-electron chi connectivity index (χ4n) is 2.26. The molecule has 1 unspecified atom stereocenters. The van der Waals surface area contributed by atoms with Crippen molar-refractivity contribution in [2.24, 2.45) is 4.99 Å². The molecule has 2 heterocycles. The van der Waals surface area contributed by atoms with E-state index < -0.39 is 18.4 Å². The Balaban J connectivity index is 2.04. The average Bonchev–Trinajstić information content (AvgIpc) is 3.18. The minimum Gasteiger partial charge on any atom is -0.468 e. The lowest BCUT2D eigenvalue weighted by Gasteiger charge is -2.23. The zero-order valence-corrected chi connectivity index (χ0v) is 16.4. The van der Waals surface area contributed by atoms with E-state index in [1.165, 1.54) is 17.5 Å². The number of rotatable bonds is 8. The van der Waals surface area contributed by atoms with Crippen LogP contribution in [-0.2, 0) is 12.1 Å². The van der Waals surface area contributed by atoms with E-state index in [9.17, 15) is 18.3 Å². The van der Waals surface area contributed by atoms with Gasteiger partial charge < -0.3 is 20.5 Å². The zero-order chi connectivity index (χ0) is 20.6. The Hall–Kier alpha value is -2.33. The van der Waals surface area contributed by atoms with Crippen molar-refractivity contribution < 1.29 is 23.0 Å². The molecule has 3 N–H and O–H groups in total. The van der Waals surface area contributed by atoms with Crippen LogP contribution in [0.2, 0.25) is 0 Å². The molecule has 0 saturated heterocycles. The Morgan fingerprint density at radius 2 is 2.07 bits per heavy atom. The summed E-state index contributed by atoms with van der Waals surface area (Å²) in [6, 6.07) is 6.91. The number of nitrogens with one attached hydrogen (secondary N) is 2. The largest absolute Gasteiger partial charge is 0.468 e. The summed E-state index contributed by atoms with van der Waals surface area (Å²) in [5.74, 6) is 0.315. The van der Waals surface area contributed by atoms with E-state index in [0.717, 1.165) is 4.88 Å². The number of ether oxygens (including phenoxy) is 1. The van der Waals surface area contributed by atoms with Gasteiger partial charge >= 0.3 is 6.18 Å². The lowest BCUT2D eigenvalue weighted by atomic mass is 10.1. The first-order valence-electron chi connectivity index (χ1n) is 8.63. The molecule has 0 amide bonds. The summed E-state index contributed by atoms with van der Waals surface area (Å²) in [5, 5.41) is 18.6. The summed E-state index contributed by atoms with van der Waals surface area (Å²) >= 11 is 1.45. The van der Waals surface area contributed by atoms with Gasteiger partial charge in [0.1, 0.15) is 5.60 Å². The predicted molar refractivity (Wildman–Crippen MR) is 102 cm³/mol. The number of hydrogen-bond acceptors (Lipinski definition) is 5. The van der Waals surface area contributed by atoms with E-state index in [2.05, 4.69) is 20.6 Å². The van der Waals surface area contributed by atoms with Crippen LogP contribution in [-0.4, -0.2) is 41.9 Å². The Morgan fingerprint density at radius 3 is 2.71 bits per heavy atom. The van der Waals surface area contributed by atoms with Crippen molar-refractivity contribution in [2.75, 3.05) is 19.7 Å². The Labute approximate surface area is 165 Å². The van der Waals surface area contributed by atoms with Gasteiger partial charge in [-0.15, -0.1) is 11.3 Å². The SMILES string of the molecule is CCNC(=NCc1cccnc1OCC(F)(F)F)NCC(C)(O)c1cccs1. The fraction of sp³-hybridized carbons (Fsp3) is 0.444. The van der Waals surface area contributed by atoms with Gasteiger partial charge in [-0.1, -0.05) is 12.1 Å². The first-order valence-corrected chi connectivity index (χ1v) is 9.51. The second-order valence-electron chi connectivity index (χ2n) is 6.17. The minimum atomic E-state index is -4.44. The van der Waals surface area contributed by atoms with Gasteiger partial charge in [0, 0.05) is 23.2 Å². The third-order valence-corrected chi connectivity index (χ3v) is 4.75. The molecular weight excluding hydrogens is 393 g/mol. The number of pyridine rings is 1. The highest BCUT2D eigenvalue weighted by molar-refractivity contribution is 7.10. The van der Waals surface area contributed by atoms with E-state index in [0.29, 0.717) is 18.1 Å². The smallest absolute Gasteiger partial charge is 0.422 e. The number of aliphatic imine (C=N–C) groups is 1. The lowest BCUT2D eigenvalue weighted by Crippen LogP contribution is -2.44. The summed E-state index contributed by atoms with van der Waals surface area (Å²) in [6.45, 7) is 3.03. The van der Waals surface area contributed by atoms with Crippen LogP contribution in [0.5, 0.6) is 5.88 Å². The van der Waals surface area contributed by atoms with E-state index in [1.807, 2.05) is 24.4 Å². The minimum absolute atomic E-state index is 0.0670. The van der Waals surface area contributed by atoms with E-state index in [-0.39, 0.29) is 19.0 Å². The Morgan fingerprint density at radius 1 is 1.29 bits per heavy atom. The van der Waals surface area contributed by atoms with Gasteiger partial charge in [-0.2, -0.15) is 13.2 Å². The normalized spacial score (nSPS) is 14.4. The molecule has 10 heteroatoms. The molecule has 2 aromatic rings. The monoisotopic (exact) mass is 416 g/mol. The molecule has 6 nitrogen and oxygen atoms in total.